The van der Waals surface area contributed by atoms with Gasteiger partial charge in [0.2, 0.25) is 5.91 Å². The molecule has 148 valence electrons. The van der Waals surface area contributed by atoms with E-state index in [9.17, 15) is 14.0 Å². The number of halogens is 1. The van der Waals surface area contributed by atoms with E-state index in [2.05, 4.69) is 15.2 Å². The van der Waals surface area contributed by atoms with E-state index in [0.717, 1.165) is 49.0 Å². The molecule has 0 fully saturated rings. The topological polar surface area (TPSA) is 76.0 Å². The van der Waals surface area contributed by atoms with Crippen LogP contribution in [0.1, 0.15) is 35.9 Å². The maximum atomic E-state index is 14.1. The minimum atomic E-state index is -0.662. The lowest BCUT2D eigenvalue weighted by Gasteiger charge is -2.11. The summed E-state index contributed by atoms with van der Waals surface area (Å²) < 4.78 is 16.3. The number of benzene rings is 2. The third-order valence-corrected chi connectivity index (χ3v) is 4.87. The average Bonchev–Trinajstić information content (AvgIpc) is 3.14. The van der Waals surface area contributed by atoms with Crippen LogP contribution >= 0.6 is 0 Å². The van der Waals surface area contributed by atoms with Crippen LogP contribution in [0.4, 0.5) is 15.8 Å². The molecule has 1 aliphatic heterocycles. The molecule has 0 atom stereocenters. The lowest BCUT2D eigenvalue weighted by atomic mass is 10.1. The molecule has 1 aliphatic rings. The molecule has 0 spiro atoms. The van der Waals surface area contributed by atoms with Crippen molar-refractivity contribution in [1.82, 2.24) is 9.55 Å². The Balaban J connectivity index is 1.52. The number of nitrogens with one attached hydrogen (secondary N) is 2. The van der Waals surface area contributed by atoms with E-state index < -0.39 is 11.7 Å². The van der Waals surface area contributed by atoms with Crippen LogP contribution in [0, 0.1) is 5.82 Å². The van der Waals surface area contributed by atoms with Gasteiger partial charge in [0.1, 0.15) is 11.6 Å². The van der Waals surface area contributed by atoms with Crippen LogP contribution in [-0.4, -0.2) is 21.4 Å². The SMILES string of the molecule is CC(=O)Nc1ccc(C(=O)Nc2cccc(-c3cn4c(n3)CCCC4)c2)cc1F. The van der Waals surface area contributed by atoms with E-state index in [1.807, 2.05) is 24.4 Å². The average molecular weight is 392 g/mol. The first-order valence-corrected chi connectivity index (χ1v) is 9.54. The molecule has 0 aliphatic carbocycles. The van der Waals surface area contributed by atoms with Crippen molar-refractivity contribution in [1.29, 1.82) is 0 Å². The first kappa shape index (κ1) is 18.9. The second-order valence-electron chi connectivity index (χ2n) is 7.10. The van der Waals surface area contributed by atoms with Crippen LogP contribution in [-0.2, 0) is 17.8 Å². The molecule has 0 unspecified atom stereocenters. The lowest BCUT2D eigenvalue weighted by molar-refractivity contribution is -0.114. The van der Waals surface area contributed by atoms with E-state index in [-0.39, 0.29) is 17.2 Å². The molecular weight excluding hydrogens is 371 g/mol. The number of carbonyl (C=O) groups is 2. The second kappa shape index (κ2) is 7.87. The van der Waals surface area contributed by atoms with Crippen molar-refractivity contribution in [3.05, 3.63) is 65.9 Å². The van der Waals surface area contributed by atoms with Gasteiger partial charge in [-0.15, -0.1) is 0 Å². The highest BCUT2D eigenvalue weighted by Crippen LogP contribution is 2.25. The van der Waals surface area contributed by atoms with Gasteiger partial charge in [0, 0.05) is 42.9 Å². The predicted molar refractivity (Wildman–Crippen MR) is 109 cm³/mol. The van der Waals surface area contributed by atoms with Crippen molar-refractivity contribution in [2.24, 2.45) is 0 Å². The van der Waals surface area contributed by atoms with Gasteiger partial charge in [0.25, 0.3) is 5.91 Å². The number of aryl methyl sites for hydroxylation is 2. The summed E-state index contributed by atoms with van der Waals surface area (Å²) in [4.78, 5) is 28.3. The number of anilines is 2. The summed E-state index contributed by atoms with van der Waals surface area (Å²) in [5.74, 6) is -0.376. The Morgan fingerprint density at radius 3 is 2.72 bits per heavy atom. The molecule has 2 aromatic carbocycles. The number of carbonyl (C=O) groups excluding carboxylic acids is 2. The fraction of sp³-hybridized carbons (Fsp3) is 0.227. The third kappa shape index (κ3) is 4.18. The molecule has 2 amide bonds. The first-order valence-electron chi connectivity index (χ1n) is 9.54. The van der Waals surface area contributed by atoms with Gasteiger partial charge in [-0.05, 0) is 43.2 Å². The Hall–Kier alpha value is -3.48. The number of aromatic nitrogens is 2. The van der Waals surface area contributed by atoms with Gasteiger partial charge in [-0.25, -0.2) is 9.37 Å². The number of nitrogens with zero attached hydrogens (tertiary/aromatic N) is 2. The lowest BCUT2D eigenvalue weighted by Crippen LogP contribution is -2.13. The number of rotatable bonds is 4. The number of hydrogen-bond donors (Lipinski definition) is 2. The number of fused-ring (bicyclic) bond motifs is 1. The zero-order valence-corrected chi connectivity index (χ0v) is 16.0. The van der Waals surface area contributed by atoms with Gasteiger partial charge in [-0.3, -0.25) is 9.59 Å². The molecule has 0 bridgehead atoms. The smallest absolute Gasteiger partial charge is 0.255 e. The maximum absolute atomic E-state index is 14.1. The highest BCUT2D eigenvalue weighted by molar-refractivity contribution is 6.05. The molecule has 0 radical (unpaired) electrons. The molecule has 0 saturated heterocycles. The largest absolute Gasteiger partial charge is 0.334 e. The van der Waals surface area contributed by atoms with Gasteiger partial charge in [0.05, 0.1) is 11.4 Å². The Kier molecular flexibility index (Phi) is 5.12. The number of amides is 2. The molecule has 0 saturated carbocycles. The van der Waals surface area contributed by atoms with Crippen LogP contribution in [0.2, 0.25) is 0 Å². The molecule has 6 nitrogen and oxygen atoms in total. The van der Waals surface area contributed by atoms with Crippen molar-refractivity contribution in [3.8, 4) is 11.3 Å². The standard InChI is InChI=1S/C22H21FN4O2/c1-14(28)24-19-9-8-16(12-18(19)23)22(29)25-17-6-4-5-15(11-17)20-13-27-10-3-2-7-21(27)26-20/h4-6,8-9,11-13H,2-3,7,10H2,1H3,(H,24,28)(H,25,29). The van der Waals surface area contributed by atoms with Gasteiger partial charge in [-0.1, -0.05) is 12.1 Å². The fourth-order valence-electron chi connectivity index (χ4n) is 3.46. The minimum absolute atomic E-state index is 0.0415. The highest BCUT2D eigenvalue weighted by Gasteiger charge is 2.14. The normalized spacial score (nSPS) is 12.9. The summed E-state index contributed by atoms with van der Waals surface area (Å²) in [6, 6.07) is 11.4. The van der Waals surface area contributed by atoms with Gasteiger partial charge >= 0.3 is 0 Å². The van der Waals surface area contributed by atoms with Crippen molar-refractivity contribution in [2.75, 3.05) is 10.6 Å². The molecule has 29 heavy (non-hydrogen) atoms. The van der Waals surface area contributed by atoms with Crippen LogP contribution in [0.15, 0.2) is 48.7 Å². The van der Waals surface area contributed by atoms with Gasteiger partial charge in [0.15, 0.2) is 0 Å². The van der Waals surface area contributed by atoms with Crippen molar-refractivity contribution in [3.63, 3.8) is 0 Å². The van der Waals surface area contributed by atoms with Crippen LogP contribution in [0.3, 0.4) is 0 Å². The summed E-state index contributed by atoms with van der Waals surface area (Å²) >= 11 is 0. The first-order chi connectivity index (χ1) is 14.0. The maximum Gasteiger partial charge on any atom is 0.255 e. The number of hydrogen-bond acceptors (Lipinski definition) is 3. The Morgan fingerprint density at radius 2 is 1.97 bits per heavy atom. The third-order valence-electron chi connectivity index (χ3n) is 4.87. The zero-order valence-electron chi connectivity index (χ0n) is 16.0. The summed E-state index contributed by atoms with van der Waals surface area (Å²) in [6.45, 7) is 2.28. The molecule has 4 rings (SSSR count). The summed E-state index contributed by atoms with van der Waals surface area (Å²) in [7, 11) is 0. The molecule has 1 aromatic heterocycles. The monoisotopic (exact) mass is 392 g/mol. The van der Waals surface area contributed by atoms with Crippen molar-refractivity contribution in [2.45, 2.75) is 32.7 Å². The van der Waals surface area contributed by atoms with E-state index in [1.165, 1.54) is 19.1 Å². The second-order valence-corrected chi connectivity index (χ2v) is 7.10. The molecular formula is C22H21FN4O2. The number of imidazole rings is 1. The van der Waals surface area contributed by atoms with E-state index in [4.69, 9.17) is 4.98 Å². The Morgan fingerprint density at radius 1 is 1.10 bits per heavy atom. The van der Waals surface area contributed by atoms with Crippen molar-refractivity contribution >= 4 is 23.2 Å². The van der Waals surface area contributed by atoms with Crippen molar-refractivity contribution < 1.29 is 14.0 Å². The van der Waals surface area contributed by atoms with Crippen LogP contribution in [0.5, 0.6) is 0 Å². The van der Waals surface area contributed by atoms with Crippen LogP contribution in [0.25, 0.3) is 11.3 Å². The van der Waals surface area contributed by atoms with E-state index in [1.54, 1.807) is 6.07 Å². The predicted octanol–water partition coefficient (Wildman–Crippen LogP) is 4.24. The quantitative estimate of drug-likeness (QED) is 0.697. The molecule has 2 heterocycles. The molecule has 2 N–H and O–H groups in total. The highest BCUT2D eigenvalue weighted by atomic mass is 19.1. The molecule has 7 heteroatoms. The zero-order chi connectivity index (χ0) is 20.4. The molecule has 3 aromatic rings. The Bertz CT molecular complexity index is 1070. The van der Waals surface area contributed by atoms with E-state index in [0.29, 0.717) is 5.69 Å². The van der Waals surface area contributed by atoms with Crippen LogP contribution < -0.4 is 10.6 Å². The summed E-state index contributed by atoms with van der Waals surface area (Å²) in [6.07, 6.45) is 5.35. The summed E-state index contributed by atoms with van der Waals surface area (Å²) in [5.41, 5.74) is 2.60. The fourth-order valence-corrected chi connectivity index (χ4v) is 3.46. The van der Waals surface area contributed by atoms with E-state index >= 15 is 0 Å². The van der Waals surface area contributed by atoms with Gasteiger partial charge < -0.3 is 15.2 Å². The van der Waals surface area contributed by atoms with Gasteiger partial charge in [-0.2, -0.15) is 0 Å². The Labute approximate surface area is 167 Å². The summed E-state index contributed by atoms with van der Waals surface area (Å²) in [5, 5.41) is 5.17. The minimum Gasteiger partial charge on any atom is -0.334 e.